The highest BCUT2D eigenvalue weighted by atomic mass is 35.5. The summed E-state index contributed by atoms with van der Waals surface area (Å²) in [4.78, 5) is 16.4. The van der Waals surface area contributed by atoms with Gasteiger partial charge in [-0.05, 0) is 50.6 Å². The quantitative estimate of drug-likeness (QED) is 0.831. The summed E-state index contributed by atoms with van der Waals surface area (Å²) in [7, 11) is 0. The number of aromatic nitrogens is 1. The zero-order valence-corrected chi connectivity index (χ0v) is 14.8. The maximum absolute atomic E-state index is 12.2. The van der Waals surface area contributed by atoms with E-state index in [1.807, 2.05) is 19.9 Å². The molecule has 0 radical (unpaired) electrons. The average Bonchev–Trinajstić information content (AvgIpc) is 2.56. The molecule has 0 saturated carbocycles. The molecule has 0 bridgehead atoms. The number of pyridine rings is 1. The molecule has 0 aliphatic rings. The fourth-order valence-corrected chi connectivity index (χ4v) is 2.37. The Hall–Kier alpha value is -2.27. The summed E-state index contributed by atoms with van der Waals surface area (Å²) in [5, 5.41) is 3.47. The maximum Gasteiger partial charge on any atom is 0.261 e. The Kier molecular flexibility index (Phi) is 6.44. The molecule has 0 spiro atoms. The second kappa shape index (κ2) is 8.55. The lowest BCUT2D eigenvalue weighted by atomic mass is 10.2. The number of hydrogen-bond donors (Lipinski definition) is 1. The topological polar surface area (TPSA) is 60.5 Å². The molecule has 0 fully saturated rings. The number of amides is 1. The number of nitrogens with one attached hydrogen (secondary N) is 1. The Labute approximate surface area is 147 Å². The summed E-state index contributed by atoms with van der Waals surface area (Å²) in [5.74, 6) is 0.955. The van der Waals surface area contributed by atoms with Crippen molar-refractivity contribution in [2.24, 2.45) is 0 Å². The van der Waals surface area contributed by atoms with Crippen LogP contribution >= 0.6 is 11.6 Å². The third-order valence-electron chi connectivity index (χ3n) is 3.39. The van der Waals surface area contributed by atoms with Gasteiger partial charge in [0.1, 0.15) is 5.75 Å². The highest BCUT2D eigenvalue weighted by molar-refractivity contribution is 6.30. The van der Waals surface area contributed by atoms with E-state index in [-0.39, 0.29) is 5.91 Å². The maximum atomic E-state index is 12.2. The molecule has 1 N–H and O–H groups in total. The fraction of sp³-hybridized carbons (Fsp3) is 0.333. The first-order valence-corrected chi connectivity index (χ1v) is 8.16. The highest BCUT2D eigenvalue weighted by Gasteiger charge is 2.16. The van der Waals surface area contributed by atoms with E-state index in [9.17, 15) is 4.79 Å². The van der Waals surface area contributed by atoms with E-state index in [1.54, 1.807) is 37.4 Å². The van der Waals surface area contributed by atoms with Gasteiger partial charge in [0.25, 0.3) is 5.91 Å². The van der Waals surface area contributed by atoms with Crippen LogP contribution in [-0.4, -0.2) is 23.6 Å². The lowest BCUT2D eigenvalue weighted by Gasteiger charge is -2.17. The molecule has 2 rings (SSSR count). The smallest absolute Gasteiger partial charge is 0.261 e. The van der Waals surface area contributed by atoms with Gasteiger partial charge in [0.2, 0.25) is 5.88 Å². The Morgan fingerprint density at radius 3 is 2.88 bits per heavy atom. The van der Waals surface area contributed by atoms with Crippen molar-refractivity contribution in [1.82, 2.24) is 10.3 Å². The minimum atomic E-state index is -0.628. The number of rotatable bonds is 7. The van der Waals surface area contributed by atoms with Crippen LogP contribution in [0.2, 0.25) is 5.02 Å². The zero-order chi connectivity index (χ0) is 17.5. The van der Waals surface area contributed by atoms with Crippen molar-refractivity contribution >= 4 is 17.5 Å². The molecule has 1 aromatic heterocycles. The van der Waals surface area contributed by atoms with Crippen molar-refractivity contribution in [1.29, 1.82) is 0 Å². The molecule has 5 nitrogen and oxygen atoms in total. The van der Waals surface area contributed by atoms with Gasteiger partial charge in [-0.3, -0.25) is 4.79 Å². The molecular weight excluding hydrogens is 328 g/mol. The number of benzene rings is 1. The predicted molar refractivity (Wildman–Crippen MR) is 93.5 cm³/mol. The van der Waals surface area contributed by atoms with Crippen LogP contribution in [0.5, 0.6) is 11.6 Å². The second-order valence-electron chi connectivity index (χ2n) is 5.29. The van der Waals surface area contributed by atoms with E-state index in [4.69, 9.17) is 21.1 Å². The van der Waals surface area contributed by atoms with Gasteiger partial charge < -0.3 is 14.8 Å². The molecule has 128 valence electrons. The first kappa shape index (κ1) is 18.1. The highest BCUT2D eigenvalue weighted by Crippen LogP contribution is 2.23. The number of nitrogens with zero attached hydrogens (tertiary/aromatic N) is 1. The van der Waals surface area contributed by atoms with Gasteiger partial charge in [0.15, 0.2) is 6.10 Å². The summed E-state index contributed by atoms with van der Waals surface area (Å²) >= 11 is 5.92. The minimum absolute atomic E-state index is 0.212. The molecule has 1 amide bonds. The molecule has 1 aromatic carbocycles. The molecule has 6 heteroatoms. The molecule has 0 aliphatic heterocycles. The van der Waals surface area contributed by atoms with Gasteiger partial charge in [-0.1, -0.05) is 17.7 Å². The van der Waals surface area contributed by atoms with Crippen molar-refractivity contribution in [2.45, 2.75) is 33.4 Å². The molecule has 24 heavy (non-hydrogen) atoms. The van der Waals surface area contributed by atoms with Crippen molar-refractivity contribution < 1.29 is 14.3 Å². The van der Waals surface area contributed by atoms with E-state index in [0.717, 1.165) is 11.1 Å². The standard InChI is InChI=1S/C18H21ClN2O3/c1-4-23-18-14(6-5-9-20-18)11-21-17(22)13(3)24-16-8-7-15(19)10-12(16)2/h5-10,13H,4,11H2,1-3H3,(H,21,22). The van der Waals surface area contributed by atoms with Gasteiger partial charge in [-0.15, -0.1) is 0 Å². The minimum Gasteiger partial charge on any atom is -0.481 e. The summed E-state index contributed by atoms with van der Waals surface area (Å²) in [6.45, 7) is 6.33. The van der Waals surface area contributed by atoms with Crippen LogP contribution in [0.1, 0.15) is 25.0 Å². The zero-order valence-electron chi connectivity index (χ0n) is 14.0. The predicted octanol–water partition coefficient (Wildman–Crippen LogP) is 3.53. The van der Waals surface area contributed by atoms with E-state index < -0.39 is 6.10 Å². The summed E-state index contributed by atoms with van der Waals surface area (Å²) in [6, 6.07) is 8.97. The van der Waals surface area contributed by atoms with Gasteiger partial charge in [-0.2, -0.15) is 0 Å². The molecule has 1 atom stereocenters. The number of ether oxygens (including phenoxy) is 2. The van der Waals surface area contributed by atoms with Gasteiger partial charge in [0.05, 0.1) is 6.61 Å². The van der Waals surface area contributed by atoms with Crippen molar-refractivity contribution in [3.05, 3.63) is 52.7 Å². The summed E-state index contributed by atoms with van der Waals surface area (Å²) in [6.07, 6.45) is 1.03. The third kappa shape index (κ3) is 4.86. The summed E-state index contributed by atoms with van der Waals surface area (Å²) < 4.78 is 11.2. The lowest BCUT2D eigenvalue weighted by Crippen LogP contribution is -2.36. The molecule has 1 unspecified atom stereocenters. The van der Waals surface area contributed by atoms with Crippen molar-refractivity contribution in [2.75, 3.05) is 6.61 Å². The Morgan fingerprint density at radius 2 is 2.17 bits per heavy atom. The molecular formula is C18H21ClN2O3. The van der Waals surface area contributed by atoms with Gasteiger partial charge in [0, 0.05) is 23.3 Å². The van der Waals surface area contributed by atoms with Crippen LogP contribution in [0, 0.1) is 6.92 Å². The average molecular weight is 349 g/mol. The van der Waals surface area contributed by atoms with Crippen LogP contribution in [0.4, 0.5) is 0 Å². The molecule has 0 aliphatic carbocycles. The number of aryl methyl sites for hydroxylation is 1. The fourth-order valence-electron chi connectivity index (χ4n) is 2.14. The van der Waals surface area contributed by atoms with E-state index in [2.05, 4.69) is 10.3 Å². The van der Waals surface area contributed by atoms with Crippen molar-refractivity contribution in [3.8, 4) is 11.6 Å². The van der Waals surface area contributed by atoms with Gasteiger partial charge >= 0.3 is 0 Å². The monoisotopic (exact) mass is 348 g/mol. The first-order valence-electron chi connectivity index (χ1n) is 7.78. The first-order chi connectivity index (χ1) is 11.5. The third-order valence-corrected chi connectivity index (χ3v) is 3.63. The van der Waals surface area contributed by atoms with E-state index in [1.165, 1.54) is 0 Å². The van der Waals surface area contributed by atoms with Crippen LogP contribution in [0.25, 0.3) is 0 Å². The van der Waals surface area contributed by atoms with Crippen molar-refractivity contribution in [3.63, 3.8) is 0 Å². The van der Waals surface area contributed by atoms with Crippen LogP contribution in [0.3, 0.4) is 0 Å². The Balaban J connectivity index is 1.94. The normalized spacial score (nSPS) is 11.7. The van der Waals surface area contributed by atoms with Crippen LogP contribution < -0.4 is 14.8 Å². The molecule has 2 aromatic rings. The SMILES string of the molecule is CCOc1ncccc1CNC(=O)C(C)Oc1ccc(Cl)cc1C. The number of carbonyl (C=O) groups excluding carboxylic acids is 1. The number of hydrogen-bond acceptors (Lipinski definition) is 4. The Bertz CT molecular complexity index is 706. The molecule has 1 heterocycles. The van der Waals surface area contributed by atoms with Crippen LogP contribution in [0.15, 0.2) is 36.5 Å². The number of carbonyl (C=O) groups is 1. The number of halogens is 1. The Morgan fingerprint density at radius 1 is 1.38 bits per heavy atom. The largest absolute Gasteiger partial charge is 0.481 e. The van der Waals surface area contributed by atoms with E-state index >= 15 is 0 Å². The molecule has 0 saturated heterocycles. The van der Waals surface area contributed by atoms with Crippen LogP contribution in [-0.2, 0) is 11.3 Å². The van der Waals surface area contributed by atoms with Gasteiger partial charge in [-0.25, -0.2) is 4.98 Å². The summed E-state index contributed by atoms with van der Waals surface area (Å²) in [5.41, 5.74) is 1.70. The lowest BCUT2D eigenvalue weighted by molar-refractivity contribution is -0.127. The van der Waals surface area contributed by atoms with E-state index in [0.29, 0.717) is 29.8 Å². The second-order valence-corrected chi connectivity index (χ2v) is 5.72.